The lowest BCUT2D eigenvalue weighted by atomic mass is 10.0. The van der Waals surface area contributed by atoms with Crippen molar-refractivity contribution in [2.24, 2.45) is 0 Å². The maximum absolute atomic E-state index is 13.2. The summed E-state index contributed by atoms with van der Waals surface area (Å²) in [7, 11) is -4.00. The number of carbonyl (C=O) groups is 1. The molecule has 0 atom stereocenters. The summed E-state index contributed by atoms with van der Waals surface area (Å²) in [6.45, 7) is 2.93. The Morgan fingerprint density at radius 1 is 1.40 bits per heavy atom. The van der Waals surface area contributed by atoms with E-state index in [9.17, 15) is 17.6 Å². The molecule has 8 heteroatoms. The van der Waals surface area contributed by atoms with E-state index in [0.717, 1.165) is 18.2 Å². The molecule has 0 amide bonds. The molecule has 0 unspecified atom stereocenters. The lowest BCUT2D eigenvalue weighted by molar-refractivity contribution is 0.0691. The van der Waals surface area contributed by atoms with Gasteiger partial charge < -0.3 is 10.2 Å². The Labute approximate surface area is 116 Å². The number of rotatable bonds is 6. The van der Waals surface area contributed by atoms with Gasteiger partial charge in [0.1, 0.15) is 5.82 Å². The fraction of sp³-hybridized carbons (Fsp3) is 0.417. The van der Waals surface area contributed by atoms with Crippen molar-refractivity contribution >= 4 is 16.0 Å². The highest BCUT2D eigenvalue weighted by Gasteiger charge is 2.27. The number of hydrogen-bond acceptors (Lipinski definition) is 4. The second-order valence-corrected chi connectivity index (χ2v) is 6.59. The van der Waals surface area contributed by atoms with Crippen LogP contribution in [0.4, 0.5) is 4.39 Å². The van der Waals surface area contributed by atoms with Crippen molar-refractivity contribution in [2.75, 3.05) is 6.61 Å². The van der Waals surface area contributed by atoms with Gasteiger partial charge in [0.05, 0.1) is 10.5 Å². The molecule has 1 aromatic rings. The van der Waals surface area contributed by atoms with Gasteiger partial charge in [0, 0.05) is 12.1 Å². The fourth-order valence-electron chi connectivity index (χ4n) is 1.59. The van der Waals surface area contributed by atoms with Gasteiger partial charge in [-0.15, -0.1) is 0 Å². The molecule has 0 bridgehead atoms. The van der Waals surface area contributed by atoms with E-state index in [-0.39, 0.29) is 17.9 Å². The van der Waals surface area contributed by atoms with Gasteiger partial charge >= 0.3 is 5.97 Å². The van der Waals surface area contributed by atoms with Crippen LogP contribution in [0.25, 0.3) is 0 Å². The Bertz CT molecular complexity index is 612. The number of carboxylic acids is 1. The van der Waals surface area contributed by atoms with Crippen LogP contribution in [0.1, 0.15) is 30.6 Å². The number of nitrogens with one attached hydrogen (secondary N) is 1. The standard InChI is InChI=1S/C12H16FNO5S/c1-12(2,5-6-15)14-20(18,19)8-3-4-10(13)9(7-8)11(16)17/h3-4,7,14-15H,5-6H2,1-2H3,(H,16,17). The van der Waals surface area contributed by atoms with Gasteiger partial charge in [0.2, 0.25) is 10.0 Å². The number of aromatic carboxylic acids is 1. The summed E-state index contributed by atoms with van der Waals surface area (Å²) in [5, 5.41) is 17.6. The number of carboxylic acid groups (broad SMARTS) is 1. The van der Waals surface area contributed by atoms with Crippen molar-refractivity contribution in [3.8, 4) is 0 Å². The topological polar surface area (TPSA) is 104 Å². The van der Waals surface area contributed by atoms with Crippen LogP contribution in [-0.2, 0) is 10.0 Å². The van der Waals surface area contributed by atoms with Crippen LogP contribution in [0.3, 0.4) is 0 Å². The van der Waals surface area contributed by atoms with Crippen molar-refractivity contribution in [1.29, 1.82) is 0 Å². The van der Waals surface area contributed by atoms with Gasteiger partial charge in [0.25, 0.3) is 0 Å². The zero-order chi connectivity index (χ0) is 15.6. The number of aliphatic hydroxyl groups is 1. The van der Waals surface area contributed by atoms with E-state index < -0.39 is 32.9 Å². The van der Waals surface area contributed by atoms with E-state index in [4.69, 9.17) is 10.2 Å². The second-order valence-electron chi connectivity index (χ2n) is 4.91. The van der Waals surface area contributed by atoms with Crippen LogP contribution in [-0.4, -0.2) is 36.7 Å². The summed E-state index contributed by atoms with van der Waals surface area (Å²) in [4.78, 5) is 10.5. The molecule has 112 valence electrons. The molecule has 3 N–H and O–H groups in total. The first-order chi connectivity index (χ1) is 9.09. The Kier molecular flexibility index (Phi) is 4.85. The highest BCUT2D eigenvalue weighted by molar-refractivity contribution is 7.89. The van der Waals surface area contributed by atoms with Crippen LogP contribution < -0.4 is 4.72 Å². The first-order valence-electron chi connectivity index (χ1n) is 5.77. The van der Waals surface area contributed by atoms with E-state index in [1.165, 1.54) is 0 Å². The van der Waals surface area contributed by atoms with Gasteiger partial charge in [-0.05, 0) is 38.5 Å². The number of halogens is 1. The lowest BCUT2D eigenvalue weighted by Crippen LogP contribution is -2.43. The normalized spacial score (nSPS) is 12.4. The summed E-state index contributed by atoms with van der Waals surface area (Å²) >= 11 is 0. The van der Waals surface area contributed by atoms with Gasteiger partial charge in [-0.25, -0.2) is 22.3 Å². The SMILES string of the molecule is CC(C)(CCO)NS(=O)(=O)c1ccc(F)c(C(=O)O)c1. The van der Waals surface area contributed by atoms with Gasteiger partial charge in [0.15, 0.2) is 0 Å². The molecule has 0 aliphatic rings. The minimum atomic E-state index is -4.00. The van der Waals surface area contributed by atoms with E-state index in [0.29, 0.717) is 0 Å². The number of hydrogen-bond donors (Lipinski definition) is 3. The van der Waals surface area contributed by atoms with Crippen LogP contribution in [0.2, 0.25) is 0 Å². The first-order valence-corrected chi connectivity index (χ1v) is 7.25. The molecule has 0 saturated carbocycles. The zero-order valence-electron chi connectivity index (χ0n) is 11.1. The molecule has 0 aliphatic heterocycles. The van der Waals surface area contributed by atoms with E-state index in [1.54, 1.807) is 13.8 Å². The number of aliphatic hydroxyl groups excluding tert-OH is 1. The summed E-state index contributed by atoms with van der Waals surface area (Å²) in [5.41, 5.74) is -1.63. The first kappa shape index (κ1) is 16.5. The molecule has 0 saturated heterocycles. The molecule has 0 aromatic heterocycles. The van der Waals surface area contributed by atoms with Gasteiger partial charge in [-0.1, -0.05) is 0 Å². The highest BCUT2D eigenvalue weighted by Crippen LogP contribution is 2.18. The average Bonchev–Trinajstić information content (AvgIpc) is 2.26. The van der Waals surface area contributed by atoms with E-state index in [1.807, 2.05) is 0 Å². The number of benzene rings is 1. The zero-order valence-corrected chi connectivity index (χ0v) is 11.9. The molecule has 1 rings (SSSR count). The summed E-state index contributed by atoms with van der Waals surface area (Å²) < 4.78 is 39.8. The maximum atomic E-state index is 13.2. The molecule has 0 fully saturated rings. The van der Waals surface area contributed by atoms with Crippen molar-refractivity contribution in [2.45, 2.75) is 30.7 Å². The fourth-order valence-corrected chi connectivity index (χ4v) is 3.06. The van der Waals surface area contributed by atoms with E-state index in [2.05, 4.69) is 4.72 Å². The molecule has 20 heavy (non-hydrogen) atoms. The Hall–Kier alpha value is -1.51. The van der Waals surface area contributed by atoms with Gasteiger partial charge in [-0.3, -0.25) is 0 Å². The molecule has 0 radical (unpaired) electrons. The smallest absolute Gasteiger partial charge is 0.338 e. The molecule has 1 aromatic carbocycles. The van der Waals surface area contributed by atoms with Crippen molar-refractivity contribution in [1.82, 2.24) is 4.72 Å². The molecular weight excluding hydrogens is 289 g/mol. The van der Waals surface area contributed by atoms with E-state index >= 15 is 0 Å². The lowest BCUT2D eigenvalue weighted by Gasteiger charge is -2.25. The van der Waals surface area contributed by atoms with Gasteiger partial charge in [-0.2, -0.15) is 0 Å². The largest absolute Gasteiger partial charge is 0.478 e. The van der Waals surface area contributed by atoms with Crippen LogP contribution in [0, 0.1) is 5.82 Å². The number of sulfonamides is 1. The van der Waals surface area contributed by atoms with Crippen LogP contribution in [0.15, 0.2) is 23.1 Å². The predicted molar refractivity (Wildman–Crippen MR) is 69.5 cm³/mol. The summed E-state index contributed by atoms with van der Waals surface area (Å²) in [6.07, 6.45) is 0.180. The molecule has 6 nitrogen and oxygen atoms in total. The minimum Gasteiger partial charge on any atom is -0.478 e. The molecular formula is C12H16FNO5S. The third kappa shape index (κ3) is 3.99. The van der Waals surface area contributed by atoms with Crippen molar-refractivity contribution in [3.63, 3.8) is 0 Å². The quantitative estimate of drug-likeness (QED) is 0.726. The Morgan fingerprint density at radius 3 is 2.50 bits per heavy atom. The van der Waals surface area contributed by atoms with Crippen molar-refractivity contribution in [3.05, 3.63) is 29.6 Å². The third-order valence-corrected chi connectivity index (χ3v) is 4.32. The maximum Gasteiger partial charge on any atom is 0.338 e. The summed E-state index contributed by atoms with van der Waals surface area (Å²) in [6, 6.07) is 2.53. The Balaban J connectivity index is 3.17. The average molecular weight is 305 g/mol. The molecule has 0 heterocycles. The highest BCUT2D eigenvalue weighted by atomic mass is 32.2. The molecule has 0 spiro atoms. The second kappa shape index (κ2) is 5.86. The summed E-state index contributed by atoms with van der Waals surface area (Å²) in [5.74, 6) is -2.56. The minimum absolute atomic E-state index is 0.180. The van der Waals surface area contributed by atoms with Crippen LogP contribution in [0.5, 0.6) is 0 Å². The van der Waals surface area contributed by atoms with Crippen LogP contribution >= 0.6 is 0 Å². The van der Waals surface area contributed by atoms with Crippen molar-refractivity contribution < 1.29 is 27.8 Å². The molecule has 0 aliphatic carbocycles. The predicted octanol–water partition coefficient (Wildman–Crippen LogP) is 0.963. The third-order valence-electron chi connectivity index (χ3n) is 2.63. The monoisotopic (exact) mass is 305 g/mol. The Morgan fingerprint density at radius 2 is 2.00 bits per heavy atom.